The van der Waals surface area contributed by atoms with Crippen molar-refractivity contribution in [1.29, 1.82) is 0 Å². The molecule has 52 heavy (non-hydrogen) atoms. The summed E-state index contributed by atoms with van der Waals surface area (Å²) in [5.74, 6) is -0.911. The average molecular weight is 741 g/mol. The summed E-state index contributed by atoms with van der Waals surface area (Å²) < 4.78 is 16.3. The molecule has 0 aliphatic rings. The highest BCUT2D eigenvalue weighted by atomic mass is 16.5. The molecule has 1 amide bonds. The lowest BCUT2D eigenvalue weighted by atomic mass is 9.94. The number of hydrogen-bond donors (Lipinski definition) is 3. The fourth-order valence-electron chi connectivity index (χ4n) is 5.71. The number of nitrogens with one attached hydrogen (secondary N) is 1. The minimum absolute atomic E-state index is 0.0143. The largest absolute Gasteiger partial charge is 0.465 e. The number of guanidine groups is 1. The van der Waals surface area contributed by atoms with E-state index in [2.05, 4.69) is 38.0 Å². The lowest BCUT2D eigenvalue weighted by Crippen LogP contribution is -2.31. The van der Waals surface area contributed by atoms with Gasteiger partial charge in [-0.3, -0.25) is 24.2 Å². The minimum Gasteiger partial charge on any atom is -0.465 e. The van der Waals surface area contributed by atoms with E-state index in [9.17, 15) is 19.2 Å². The molecule has 0 radical (unpaired) electrons. The molecule has 0 spiro atoms. The SMILES string of the molecule is CCCCCCCCC(CCCCCC)C(=O)OCCCCOC(=O)CNC(=O)CCCOC(=O)C(CCCC)CCCCCC.CCN=C(N)N. The van der Waals surface area contributed by atoms with Crippen molar-refractivity contribution in [2.24, 2.45) is 28.3 Å². The Hall–Kier alpha value is -2.85. The Kier molecular flexibility index (Phi) is 38.8. The summed E-state index contributed by atoms with van der Waals surface area (Å²) in [6, 6.07) is 0. The summed E-state index contributed by atoms with van der Waals surface area (Å²) in [5.41, 5.74) is 9.86. The van der Waals surface area contributed by atoms with Crippen LogP contribution in [-0.2, 0) is 33.4 Å². The monoisotopic (exact) mass is 741 g/mol. The number of nitrogens with zero attached hydrogens (tertiary/aromatic N) is 1. The lowest BCUT2D eigenvalue weighted by Gasteiger charge is -2.16. The van der Waals surface area contributed by atoms with Gasteiger partial charge in [0, 0.05) is 13.0 Å². The van der Waals surface area contributed by atoms with Crippen LogP contribution in [0.5, 0.6) is 0 Å². The summed E-state index contributed by atoms with van der Waals surface area (Å²) in [4.78, 5) is 53.0. The maximum absolute atomic E-state index is 12.7. The smallest absolute Gasteiger partial charge is 0.325 e. The minimum atomic E-state index is -0.496. The van der Waals surface area contributed by atoms with E-state index in [0.29, 0.717) is 32.4 Å². The molecule has 0 rings (SSSR count). The Morgan fingerprint density at radius 2 is 0.923 bits per heavy atom. The molecule has 11 heteroatoms. The van der Waals surface area contributed by atoms with E-state index in [-0.39, 0.29) is 61.8 Å². The third kappa shape index (κ3) is 35.5. The highest BCUT2D eigenvalue weighted by Crippen LogP contribution is 2.21. The van der Waals surface area contributed by atoms with E-state index < -0.39 is 5.97 Å². The zero-order chi connectivity index (χ0) is 39.1. The highest BCUT2D eigenvalue weighted by Gasteiger charge is 2.20. The quantitative estimate of drug-likeness (QED) is 0.0192. The second kappa shape index (κ2) is 39.4. The fraction of sp³-hybridized carbons (Fsp3) is 0.878. The fourth-order valence-corrected chi connectivity index (χ4v) is 5.71. The van der Waals surface area contributed by atoms with Crippen molar-refractivity contribution in [3.63, 3.8) is 0 Å². The van der Waals surface area contributed by atoms with Crippen molar-refractivity contribution in [2.45, 2.75) is 189 Å². The first-order chi connectivity index (χ1) is 25.2. The Morgan fingerprint density at radius 3 is 1.37 bits per heavy atom. The molecule has 11 nitrogen and oxygen atoms in total. The van der Waals surface area contributed by atoms with E-state index in [1.807, 2.05) is 6.92 Å². The number of aliphatic imine (C=N–C) groups is 1. The maximum Gasteiger partial charge on any atom is 0.325 e. The summed E-state index contributed by atoms with van der Waals surface area (Å²) >= 11 is 0. The summed E-state index contributed by atoms with van der Waals surface area (Å²) in [6.07, 6.45) is 23.9. The molecule has 0 saturated heterocycles. The van der Waals surface area contributed by atoms with Gasteiger partial charge in [-0.1, -0.05) is 130 Å². The maximum atomic E-state index is 12.7. The highest BCUT2D eigenvalue weighted by molar-refractivity contribution is 5.81. The van der Waals surface area contributed by atoms with Gasteiger partial charge in [0.2, 0.25) is 5.91 Å². The number of ether oxygens (including phenoxy) is 3. The van der Waals surface area contributed by atoms with E-state index in [1.54, 1.807) is 0 Å². The Balaban J connectivity index is 0. The van der Waals surface area contributed by atoms with Crippen molar-refractivity contribution in [3.05, 3.63) is 0 Å². The van der Waals surface area contributed by atoms with Crippen molar-refractivity contribution < 1.29 is 33.4 Å². The second-order valence-corrected chi connectivity index (χ2v) is 13.8. The van der Waals surface area contributed by atoms with Crippen LogP contribution in [0.2, 0.25) is 0 Å². The van der Waals surface area contributed by atoms with E-state index >= 15 is 0 Å². The predicted molar refractivity (Wildman–Crippen MR) is 213 cm³/mol. The Morgan fingerprint density at radius 1 is 0.519 bits per heavy atom. The molecule has 0 bridgehead atoms. The number of nitrogens with two attached hydrogens (primary N) is 2. The van der Waals surface area contributed by atoms with Gasteiger partial charge in [0.25, 0.3) is 0 Å². The van der Waals surface area contributed by atoms with Gasteiger partial charge in [-0.15, -0.1) is 0 Å². The molecular formula is C41H80N4O7. The van der Waals surface area contributed by atoms with Crippen LogP contribution in [0.3, 0.4) is 0 Å². The van der Waals surface area contributed by atoms with Crippen LogP contribution in [0.25, 0.3) is 0 Å². The normalized spacial score (nSPS) is 11.8. The number of rotatable bonds is 34. The van der Waals surface area contributed by atoms with Crippen LogP contribution in [0.15, 0.2) is 4.99 Å². The first kappa shape index (κ1) is 51.3. The number of carbonyl (C=O) groups excluding carboxylic acids is 4. The van der Waals surface area contributed by atoms with Gasteiger partial charge < -0.3 is 31.0 Å². The van der Waals surface area contributed by atoms with E-state index in [1.165, 1.54) is 57.8 Å². The first-order valence-electron chi connectivity index (χ1n) is 21.0. The molecule has 0 aliphatic heterocycles. The molecule has 0 aromatic heterocycles. The summed E-state index contributed by atoms with van der Waals surface area (Å²) in [6.45, 7) is 11.8. The molecule has 5 N–H and O–H groups in total. The van der Waals surface area contributed by atoms with Gasteiger partial charge in [-0.25, -0.2) is 0 Å². The van der Waals surface area contributed by atoms with E-state index in [0.717, 1.165) is 70.6 Å². The summed E-state index contributed by atoms with van der Waals surface area (Å²) in [5, 5.41) is 2.57. The number of hydrogen-bond acceptors (Lipinski definition) is 8. The number of carbonyl (C=O) groups is 4. The molecular weight excluding hydrogens is 660 g/mol. The number of unbranched alkanes of at least 4 members (excludes halogenated alkanes) is 13. The molecule has 0 aliphatic carbocycles. The number of amides is 1. The topological polar surface area (TPSA) is 172 Å². The van der Waals surface area contributed by atoms with Gasteiger partial charge >= 0.3 is 17.9 Å². The molecule has 306 valence electrons. The van der Waals surface area contributed by atoms with Crippen LogP contribution in [0, 0.1) is 11.8 Å². The predicted octanol–water partition coefficient (Wildman–Crippen LogP) is 8.69. The van der Waals surface area contributed by atoms with Crippen LogP contribution in [0.4, 0.5) is 0 Å². The molecule has 0 heterocycles. The molecule has 0 saturated carbocycles. The standard InChI is InChI=1S/C38H71NO7.C3H9N3/c1-5-9-13-16-17-20-27-34(26-19-15-11-7-3)38(43)45-30-22-21-29-44-36(41)32-39-35(40)28-23-31-46-37(42)33(24-12-8-4)25-18-14-10-6-2;1-2-6-3(4)5/h33-34H,5-32H2,1-4H3,(H,39,40);2H2,1H3,(H4,4,5,6). The van der Waals surface area contributed by atoms with Crippen molar-refractivity contribution in [3.8, 4) is 0 Å². The lowest BCUT2D eigenvalue weighted by molar-refractivity contribution is -0.150. The Labute approximate surface area is 317 Å². The van der Waals surface area contributed by atoms with Crippen molar-refractivity contribution in [1.82, 2.24) is 5.32 Å². The zero-order valence-electron chi connectivity index (χ0n) is 34.1. The van der Waals surface area contributed by atoms with Crippen molar-refractivity contribution in [2.75, 3.05) is 32.9 Å². The molecule has 0 fully saturated rings. The molecule has 2 atom stereocenters. The molecule has 0 aromatic rings. The zero-order valence-corrected chi connectivity index (χ0v) is 34.1. The second-order valence-electron chi connectivity index (χ2n) is 13.8. The van der Waals surface area contributed by atoms with Gasteiger partial charge in [-0.05, 0) is 51.9 Å². The van der Waals surface area contributed by atoms with Crippen molar-refractivity contribution >= 4 is 29.8 Å². The molecule has 2 unspecified atom stereocenters. The van der Waals surface area contributed by atoms with Crippen LogP contribution in [-0.4, -0.2) is 62.7 Å². The van der Waals surface area contributed by atoms with Gasteiger partial charge in [-0.2, -0.15) is 0 Å². The van der Waals surface area contributed by atoms with Crippen LogP contribution >= 0.6 is 0 Å². The van der Waals surface area contributed by atoms with Crippen LogP contribution < -0.4 is 16.8 Å². The van der Waals surface area contributed by atoms with E-state index in [4.69, 9.17) is 25.7 Å². The third-order valence-electron chi connectivity index (χ3n) is 8.90. The van der Waals surface area contributed by atoms with Gasteiger partial charge in [0.1, 0.15) is 6.54 Å². The molecule has 0 aromatic carbocycles. The number of esters is 3. The summed E-state index contributed by atoms with van der Waals surface area (Å²) in [7, 11) is 0. The first-order valence-corrected chi connectivity index (χ1v) is 21.0. The Bertz CT molecular complexity index is 896. The average Bonchev–Trinajstić information content (AvgIpc) is 3.12. The third-order valence-corrected chi connectivity index (χ3v) is 8.90. The van der Waals surface area contributed by atoms with Gasteiger partial charge in [0.15, 0.2) is 5.96 Å². The van der Waals surface area contributed by atoms with Gasteiger partial charge in [0.05, 0.1) is 31.7 Å². The van der Waals surface area contributed by atoms with Crippen LogP contribution in [0.1, 0.15) is 189 Å².